The molecule has 1 saturated heterocycles. The Hall–Kier alpha value is -2.50. The van der Waals surface area contributed by atoms with Crippen LogP contribution in [0.4, 0.5) is 0 Å². The first kappa shape index (κ1) is 15.1. The zero-order valence-corrected chi connectivity index (χ0v) is 13.9. The van der Waals surface area contributed by atoms with E-state index in [-0.39, 0.29) is 18.0 Å². The van der Waals surface area contributed by atoms with Crippen molar-refractivity contribution in [2.75, 3.05) is 19.8 Å². The van der Waals surface area contributed by atoms with Crippen LogP contribution in [0.25, 0.3) is 11.4 Å². The fraction of sp³-hybridized carbons (Fsp3) is 0.444. The van der Waals surface area contributed by atoms with Crippen LogP contribution in [0.15, 0.2) is 30.6 Å². The number of ether oxygens (including phenoxy) is 2. The molecular weight excluding hydrogens is 306 g/mol. The summed E-state index contributed by atoms with van der Waals surface area (Å²) in [5.74, 6) is 2.58. The lowest BCUT2D eigenvalue weighted by molar-refractivity contribution is -0.129. The molecule has 24 heavy (non-hydrogen) atoms. The van der Waals surface area contributed by atoms with Crippen molar-refractivity contribution in [2.45, 2.75) is 32.4 Å². The van der Waals surface area contributed by atoms with E-state index >= 15 is 0 Å². The molecule has 1 aromatic heterocycles. The van der Waals surface area contributed by atoms with E-state index in [1.165, 1.54) is 0 Å². The van der Waals surface area contributed by atoms with Gasteiger partial charge in [0.2, 0.25) is 5.91 Å². The van der Waals surface area contributed by atoms with E-state index in [2.05, 4.69) is 23.4 Å². The highest BCUT2D eigenvalue weighted by atomic mass is 16.6. The second-order valence-electron chi connectivity index (χ2n) is 6.51. The monoisotopic (exact) mass is 327 g/mol. The van der Waals surface area contributed by atoms with Crippen molar-refractivity contribution in [3.8, 4) is 22.9 Å². The summed E-state index contributed by atoms with van der Waals surface area (Å²) in [6.07, 6.45) is 4.26. The van der Waals surface area contributed by atoms with Crippen molar-refractivity contribution in [2.24, 2.45) is 0 Å². The molecule has 2 aromatic rings. The Morgan fingerprint density at radius 2 is 2.00 bits per heavy atom. The normalized spacial score (nSPS) is 20.0. The van der Waals surface area contributed by atoms with Crippen molar-refractivity contribution in [1.82, 2.24) is 14.5 Å². The number of carbonyl (C=O) groups is 1. The lowest BCUT2D eigenvalue weighted by Crippen LogP contribution is -2.32. The lowest BCUT2D eigenvalue weighted by Gasteiger charge is -2.22. The number of hydrogen-bond donors (Lipinski definition) is 0. The summed E-state index contributed by atoms with van der Waals surface area (Å²) in [6.45, 7) is 5.97. The molecule has 3 heterocycles. The summed E-state index contributed by atoms with van der Waals surface area (Å²) in [5.41, 5.74) is 0.972. The van der Waals surface area contributed by atoms with Crippen LogP contribution in [0.3, 0.4) is 0 Å². The van der Waals surface area contributed by atoms with Crippen LogP contribution >= 0.6 is 0 Å². The number of aromatic nitrogens is 2. The van der Waals surface area contributed by atoms with Crippen molar-refractivity contribution in [1.29, 1.82) is 0 Å². The molecule has 6 heteroatoms. The van der Waals surface area contributed by atoms with Crippen molar-refractivity contribution >= 4 is 5.91 Å². The molecular formula is C18H21N3O3. The summed E-state index contributed by atoms with van der Waals surface area (Å²) < 4.78 is 13.3. The Labute approximate surface area is 141 Å². The zero-order valence-electron chi connectivity index (χ0n) is 13.9. The van der Waals surface area contributed by atoms with Crippen molar-refractivity contribution < 1.29 is 14.3 Å². The molecule has 0 saturated carbocycles. The largest absolute Gasteiger partial charge is 0.486 e. The van der Waals surface area contributed by atoms with E-state index in [4.69, 9.17) is 9.47 Å². The fourth-order valence-corrected chi connectivity index (χ4v) is 3.41. The fourth-order valence-electron chi connectivity index (χ4n) is 3.41. The van der Waals surface area contributed by atoms with E-state index in [1.54, 1.807) is 6.20 Å². The third kappa shape index (κ3) is 2.52. The number of nitrogens with zero attached hydrogens (tertiary/aromatic N) is 3. The van der Waals surface area contributed by atoms with Crippen molar-refractivity contribution in [3.63, 3.8) is 0 Å². The molecule has 2 aliphatic rings. The number of imidazole rings is 1. The minimum atomic E-state index is 0.116. The molecule has 1 aromatic carbocycles. The Morgan fingerprint density at radius 1 is 1.21 bits per heavy atom. The molecule has 126 valence electrons. The number of likely N-dealkylation sites (tertiary alicyclic amines) is 1. The number of amides is 1. The van der Waals surface area contributed by atoms with Crippen LogP contribution in [-0.4, -0.2) is 46.2 Å². The maximum atomic E-state index is 12.2. The van der Waals surface area contributed by atoms with Gasteiger partial charge >= 0.3 is 0 Å². The average Bonchev–Trinajstić information content (AvgIpc) is 3.20. The van der Waals surface area contributed by atoms with Crippen molar-refractivity contribution in [3.05, 3.63) is 30.6 Å². The summed E-state index contributed by atoms with van der Waals surface area (Å²) in [7, 11) is 0. The second-order valence-corrected chi connectivity index (χ2v) is 6.51. The minimum absolute atomic E-state index is 0.116. The number of fused-ring (bicyclic) bond motifs is 1. The first-order valence-electron chi connectivity index (χ1n) is 8.36. The van der Waals surface area contributed by atoms with Gasteiger partial charge in [-0.3, -0.25) is 4.79 Å². The van der Waals surface area contributed by atoms with Crippen LogP contribution in [0.1, 0.15) is 26.3 Å². The number of carbonyl (C=O) groups excluding carboxylic acids is 1. The SMILES string of the molecule is CC(C)N1C[C@H](n2ccnc2-c2ccc3c(c2)OCCO3)CC1=O. The third-order valence-corrected chi connectivity index (χ3v) is 4.62. The van der Waals surface area contributed by atoms with Crippen LogP contribution < -0.4 is 9.47 Å². The van der Waals surface area contributed by atoms with Crippen LogP contribution in [0.2, 0.25) is 0 Å². The van der Waals surface area contributed by atoms with Crippen LogP contribution in [0, 0.1) is 0 Å². The standard InChI is InChI=1S/C18H21N3O3/c1-12(2)21-11-14(10-17(21)22)20-6-5-19-18(20)13-3-4-15-16(9-13)24-8-7-23-15/h3-6,9,12,14H,7-8,10-11H2,1-2H3/t14-/m1/s1. The predicted molar refractivity (Wildman–Crippen MR) is 89.2 cm³/mol. The number of benzene rings is 1. The second kappa shape index (κ2) is 5.85. The number of rotatable bonds is 3. The highest BCUT2D eigenvalue weighted by Crippen LogP contribution is 2.35. The van der Waals surface area contributed by atoms with E-state index in [9.17, 15) is 4.79 Å². The van der Waals surface area contributed by atoms with Gasteiger partial charge in [0.15, 0.2) is 11.5 Å². The van der Waals surface area contributed by atoms with Crippen LogP contribution in [0.5, 0.6) is 11.5 Å². The molecule has 0 N–H and O–H groups in total. The van der Waals surface area contributed by atoms with E-state index < -0.39 is 0 Å². The first-order valence-corrected chi connectivity index (χ1v) is 8.36. The molecule has 0 spiro atoms. The summed E-state index contributed by atoms with van der Waals surface area (Å²) in [6, 6.07) is 6.21. The van der Waals surface area contributed by atoms with Gasteiger partial charge in [0.05, 0.1) is 6.04 Å². The molecule has 0 aliphatic carbocycles. The molecule has 6 nitrogen and oxygen atoms in total. The van der Waals surface area contributed by atoms with Crippen LogP contribution in [-0.2, 0) is 4.79 Å². The van der Waals surface area contributed by atoms with Gasteiger partial charge in [0, 0.05) is 37.0 Å². The Balaban J connectivity index is 1.65. The molecule has 0 bridgehead atoms. The maximum absolute atomic E-state index is 12.2. The van der Waals surface area contributed by atoms with Gasteiger partial charge in [-0.1, -0.05) is 0 Å². The third-order valence-electron chi connectivity index (χ3n) is 4.62. The van der Waals surface area contributed by atoms with Gasteiger partial charge in [0.25, 0.3) is 0 Å². The quantitative estimate of drug-likeness (QED) is 0.869. The topological polar surface area (TPSA) is 56.6 Å². The molecule has 1 atom stereocenters. The van der Waals surface area contributed by atoms with Gasteiger partial charge < -0.3 is 18.9 Å². The van der Waals surface area contributed by atoms with Gasteiger partial charge in [-0.05, 0) is 32.0 Å². The van der Waals surface area contributed by atoms with Gasteiger partial charge in [-0.25, -0.2) is 4.98 Å². The molecule has 2 aliphatic heterocycles. The lowest BCUT2D eigenvalue weighted by atomic mass is 10.1. The molecule has 0 unspecified atom stereocenters. The van der Waals surface area contributed by atoms with E-state index in [0.717, 1.165) is 29.4 Å². The number of hydrogen-bond acceptors (Lipinski definition) is 4. The molecule has 1 fully saturated rings. The smallest absolute Gasteiger partial charge is 0.225 e. The summed E-state index contributed by atoms with van der Waals surface area (Å²) in [4.78, 5) is 18.7. The van der Waals surface area contributed by atoms with Gasteiger partial charge in [-0.15, -0.1) is 0 Å². The Bertz CT molecular complexity index is 769. The molecule has 4 rings (SSSR count). The highest BCUT2D eigenvalue weighted by molar-refractivity contribution is 5.79. The Kier molecular flexibility index (Phi) is 3.67. The molecule has 1 amide bonds. The minimum Gasteiger partial charge on any atom is -0.486 e. The van der Waals surface area contributed by atoms with Gasteiger partial charge in [0.1, 0.15) is 19.0 Å². The Morgan fingerprint density at radius 3 is 2.75 bits per heavy atom. The maximum Gasteiger partial charge on any atom is 0.225 e. The summed E-state index contributed by atoms with van der Waals surface area (Å²) in [5, 5.41) is 0. The van der Waals surface area contributed by atoms with E-state index in [1.807, 2.05) is 29.3 Å². The molecule has 0 radical (unpaired) electrons. The van der Waals surface area contributed by atoms with E-state index in [0.29, 0.717) is 19.6 Å². The van der Waals surface area contributed by atoms with Gasteiger partial charge in [-0.2, -0.15) is 0 Å². The highest BCUT2D eigenvalue weighted by Gasteiger charge is 2.33. The average molecular weight is 327 g/mol. The first-order chi connectivity index (χ1) is 11.6. The zero-order chi connectivity index (χ0) is 16.7. The summed E-state index contributed by atoms with van der Waals surface area (Å²) >= 11 is 0. The predicted octanol–water partition coefficient (Wildman–Crippen LogP) is 2.50.